The topological polar surface area (TPSA) is 105 Å². The second kappa shape index (κ2) is 11.1. The average molecular weight is 533 g/mol. The third-order valence-corrected chi connectivity index (χ3v) is 8.35. The monoisotopic (exact) mass is 532 g/mol. The van der Waals surface area contributed by atoms with E-state index in [0.29, 0.717) is 85.7 Å². The van der Waals surface area contributed by atoms with Gasteiger partial charge in [0.2, 0.25) is 12.3 Å². The van der Waals surface area contributed by atoms with Gasteiger partial charge in [-0.15, -0.1) is 0 Å². The Bertz CT molecular complexity index is 1400. The Morgan fingerprint density at radius 3 is 2.64 bits per heavy atom. The lowest BCUT2D eigenvalue weighted by Crippen LogP contribution is -2.42. The molecule has 2 atom stereocenters. The standard InChI is InChI=1S/C29H36N6O4/c1-17-12-19(3)22(20(4)13-17)15-23-25(30-5)28(39-29(37)34-8-10-38-11-9-34)35-27(23)32-26(33-35)21-7-6-18(2)24(14-21)31-16-36/h6-7,14,16-17,19-20,22H,8-13,15H2,1-4H3,(H,31,36)(H,32,33). The van der Waals surface area contributed by atoms with Crippen LogP contribution in [-0.4, -0.2) is 58.3 Å². The first kappa shape index (κ1) is 26.8. The van der Waals surface area contributed by atoms with Crippen LogP contribution in [0, 0.1) is 37.2 Å². The van der Waals surface area contributed by atoms with Crippen LogP contribution < -0.4 is 10.1 Å². The predicted octanol–water partition coefficient (Wildman–Crippen LogP) is 5.45. The molecule has 1 saturated carbocycles. The Balaban J connectivity index is 1.59. The molecule has 2 unspecified atom stereocenters. The summed E-state index contributed by atoms with van der Waals surface area (Å²) in [5.74, 6) is 2.79. The number of nitrogens with one attached hydrogen (secondary N) is 2. The number of nitrogens with zero attached hydrogens (tertiary/aromatic N) is 4. The lowest BCUT2D eigenvalue weighted by Gasteiger charge is -2.38. The van der Waals surface area contributed by atoms with Gasteiger partial charge < -0.3 is 19.7 Å². The number of H-pyrrole nitrogens is 1. The smallest absolute Gasteiger partial charge is 0.402 e. The van der Waals surface area contributed by atoms with Crippen LogP contribution in [0.15, 0.2) is 18.2 Å². The first-order chi connectivity index (χ1) is 18.8. The maximum absolute atomic E-state index is 13.1. The third kappa shape index (κ3) is 5.23. The Hall–Kier alpha value is -3.84. The molecule has 0 radical (unpaired) electrons. The minimum atomic E-state index is -0.508. The number of benzene rings is 1. The Morgan fingerprint density at radius 1 is 1.26 bits per heavy atom. The van der Waals surface area contributed by atoms with E-state index in [0.717, 1.165) is 29.5 Å². The van der Waals surface area contributed by atoms with Crippen molar-refractivity contribution in [1.29, 1.82) is 0 Å². The number of anilines is 1. The molecule has 2 N–H and O–H groups in total. The highest BCUT2D eigenvalue weighted by atomic mass is 16.6. The molecule has 2 amide bonds. The van der Waals surface area contributed by atoms with Crippen molar-refractivity contribution in [1.82, 2.24) is 19.5 Å². The predicted molar refractivity (Wildman–Crippen MR) is 148 cm³/mol. The highest BCUT2D eigenvalue weighted by Crippen LogP contribution is 2.45. The summed E-state index contributed by atoms with van der Waals surface area (Å²) in [5.41, 5.74) is 4.09. The Morgan fingerprint density at radius 2 is 1.97 bits per heavy atom. The molecule has 2 aliphatic rings. The number of aryl methyl sites for hydroxylation is 1. The van der Waals surface area contributed by atoms with E-state index in [9.17, 15) is 9.59 Å². The number of hydrogen-bond donors (Lipinski definition) is 2. The second-order valence-corrected chi connectivity index (χ2v) is 11.1. The van der Waals surface area contributed by atoms with E-state index in [2.05, 4.69) is 36.0 Å². The lowest BCUT2D eigenvalue weighted by atomic mass is 9.67. The van der Waals surface area contributed by atoms with Crippen molar-refractivity contribution in [3.05, 3.63) is 40.7 Å². The first-order valence-corrected chi connectivity index (χ1v) is 13.7. The molecule has 1 aliphatic heterocycles. The maximum Gasteiger partial charge on any atom is 0.415 e. The molecule has 10 heteroatoms. The van der Waals surface area contributed by atoms with Gasteiger partial charge in [0.15, 0.2) is 5.82 Å². The van der Waals surface area contributed by atoms with Gasteiger partial charge in [-0.3, -0.25) is 9.89 Å². The number of aromatic nitrogens is 3. The molecule has 3 heterocycles. The van der Waals surface area contributed by atoms with Crippen LogP contribution in [0.2, 0.25) is 0 Å². The van der Waals surface area contributed by atoms with Crippen LogP contribution in [0.3, 0.4) is 0 Å². The third-order valence-electron chi connectivity index (χ3n) is 8.35. The van der Waals surface area contributed by atoms with E-state index in [-0.39, 0.29) is 5.88 Å². The number of carbonyl (C=O) groups is 2. The van der Waals surface area contributed by atoms with E-state index in [1.54, 1.807) is 9.42 Å². The number of aromatic amines is 1. The summed E-state index contributed by atoms with van der Waals surface area (Å²) >= 11 is 0. The molecule has 3 aromatic rings. The molecule has 206 valence electrons. The van der Waals surface area contributed by atoms with Crippen LogP contribution >= 0.6 is 0 Å². The van der Waals surface area contributed by atoms with Crippen molar-refractivity contribution in [2.24, 2.45) is 23.7 Å². The lowest BCUT2D eigenvalue weighted by molar-refractivity contribution is -0.105. The fourth-order valence-electron chi connectivity index (χ4n) is 6.35. The Kier molecular flexibility index (Phi) is 7.62. The van der Waals surface area contributed by atoms with E-state index in [1.165, 1.54) is 0 Å². The SMILES string of the molecule is [C-]#[N+]c1c(CC2C(C)CC(C)CC2C)c2nc(-c3ccc(C)c(NC=O)c3)[nH]n2c1OC(=O)N1CCOCC1. The second-order valence-electron chi connectivity index (χ2n) is 11.1. The van der Waals surface area contributed by atoms with Crippen molar-refractivity contribution in [2.75, 3.05) is 31.6 Å². The molecule has 39 heavy (non-hydrogen) atoms. The molecular formula is C29H36N6O4. The van der Waals surface area contributed by atoms with Gasteiger partial charge in [-0.1, -0.05) is 32.9 Å². The van der Waals surface area contributed by atoms with E-state index in [4.69, 9.17) is 21.0 Å². The van der Waals surface area contributed by atoms with E-state index < -0.39 is 6.09 Å². The highest BCUT2D eigenvalue weighted by molar-refractivity contribution is 5.81. The fourth-order valence-corrected chi connectivity index (χ4v) is 6.35. The summed E-state index contributed by atoms with van der Waals surface area (Å²) in [6.07, 6.45) is 3.13. The normalized spacial score (nSPS) is 23.4. The Labute approximate surface area is 228 Å². The zero-order valence-corrected chi connectivity index (χ0v) is 23.0. The minimum Gasteiger partial charge on any atom is -0.402 e. The molecule has 2 fully saturated rings. The number of amides is 2. The molecule has 1 saturated heterocycles. The van der Waals surface area contributed by atoms with Gasteiger partial charge in [-0.25, -0.2) is 19.1 Å². The van der Waals surface area contributed by atoms with Crippen molar-refractivity contribution in [3.63, 3.8) is 0 Å². The highest BCUT2D eigenvalue weighted by Gasteiger charge is 2.35. The van der Waals surface area contributed by atoms with Crippen LogP contribution in [0.5, 0.6) is 5.88 Å². The minimum absolute atomic E-state index is 0.160. The summed E-state index contributed by atoms with van der Waals surface area (Å²) in [7, 11) is 0. The van der Waals surface area contributed by atoms with Crippen molar-refractivity contribution < 1.29 is 19.1 Å². The summed E-state index contributed by atoms with van der Waals surface area (Å²) in [6, 6.07) is 5.69. The van der Waals surface area contributed by atoms with Crippen LogP contribution in [0.25, 0.3) is 21.9 Å². The molecule has 1 aromatic carbocycles. The average Bonchev–Trinajstić information content (AvgIpc) is 3.46. The number of fused-ring (bicyclic) bond motifs is 1. The molecular weight excluding hydrogens is 496 g/mol. The van der Waals surface area contributed by atoms with Crippen LogP contribution in [0.1, 0.15) is 44.7 Å². The van der Waals surface area contributed by atoms with Crippen molar-refractivity contribution in [3.8, 4) is 17.3 Å². The largest absolute Gasteiger partial charge is 0.415 e. The summed E-state index contributed by atoms with van der Waals surface area (Å²) < 4.78 is 12.9. The van der Waals surface area contributed by atoms with Crippen LogP contribution in [-0.2, 0) is 16.0 Å². The van der Waals surface area contributed by atoms with E-state index in [1.807, 2.05) is 25.1 Å². The summed E-state index contributed by atoms with van der Waals surface area (Å²) in [6.45, 7) is 18.7. The summed E-state index contributed by atoms with van der Waals surface area (Å²) in [4.78, 5) is 34.6. The van der Waals surface area contributed by atoms with E-state index >= 15 is 0 Å². The zero-order valence-electron chi connectivity index (χ0n) is 23.0. The van der Waals surface area contributed by atoms with Gasteiger partial charge in [0.05, 0.1) is 19.8 Å². The quantitative estimate of drug-likeness (QED) is 0.325. The first-order valence-electron chi connectivity index (χ1n) is 13.7. The maximum atomic E-state index is 13.1. The summed E-state index contributed by atoms with van der Waals surface area (Å²) in [5, 5.41) is 6.00. The number of rotatable bonds is 6. The van der Waals surface area contributed by atoms with Gasteiger partial charge in [-0.2, -0.15) is 0 Å². The van der Waals surface area contributed by atoms with Gasteiger partial charge in [0, 0.05) is 29.9 Å². The number of carbonyl (C=O) groups excluding carboxylic acids is 2. The van der Waals surface area contributed by atoms with Crippen molar-refractivity contribution in [2.45, 2.75) is 47.0 Å². The van der Waals surface area contributed by atoms with Crippen molar-refractivity contribution >= 4 is 29.5 Å². The zero-order chi connectivity index (χ0) is 27.7. The molecule has 2 aromatic heterocycles. The molecule has 1 aliphatic carbocycles. The van der Waals surface area contributed by atoms with Gasteiger partial charge in [-0.05, 0) is 61.5 Å². The molecule has 0 bridgehead atoms. The molecule has 10 nitrogen and oxygen atoms in total. The van der Waals surface area contributed by atoms with Gasteiger partial charge >= 0.3 is 6.09 Å². The number of ether oxygens (including phenoxy) is 2. The molecule has 5 rings (SSSR count). The fraction of sp³-hybridized carbons (Fsp3) is 0.517. The molecule has 0 spiro atoms. The number of hydrogen-bond acceptors (Lipinski definition) is 5. The van der Waals surface area contributed by atoms with Gasteiger partial charge in [0.25, 0.3) is 5.69 Å². The van der Waals surface area contributed by atoms with Crippen LogP contribution in [0.4, 0.5) is 16.2 Å². The number of morpholine rings is 1. The van der Waals surface area contributed by atoms with Gasteiger partial charge in [0.1, 0.15) is 5.65 Å².